The zero-order valence-corrected chi connectivity index (χ0v) is 12.1. The zero-order chi connectivity index (χ0) is 15.5. The van der Waals surface area contributed by atoms with Gasteiger partial charge >= 0.3 is 21.7 Å². The van der Waals surface area contributed by atoms with E-state index in [1.165, 1.54) is 0 Å². The van der Waals surface area contributed by atoms with Crippen LogP contribution in [0.1, 0.15) is 20.8 Å². The molecule has 0 aromatic heterocycles. The van der Waals surface area contributed by atoms with Gasteiger partial charge in [0.15, 0.2) is 0 Å². The first-order valence-electron chi connectivity index (χ1n) is 4.60. The monoisotopic (exact) mass is 315 g/mol. The largest absolute Gasteiger partial charge is 3.00 e. The third-order valence-electron chi connectivity index (χ3n) is 1.02. The minimum atomic E-state index is -1.44. The molecule has 0 aliphatic rings. The molecule has 0 bridgehead atoms. The fourth-order valence-corrected chi connectivity index (χ4v) is 0. The number of aliphatic carboxylic acids is 3. The van der Waals surface area contributed by atoms with Gasteiger partial charge in [0.1, 0.15) is 0 Å². The Balaban J connectivity index is -0.0000000865. The van der Waals surface area contributed by atoms with Crippen molar-refractivity contribution in [2.75, 3.05) is 0 Å². The second-order valence-electron chi connectivity index (χ2n) is 2.99. The van der Waals surface area contributed by atoms with Crippen LogP contribution in [0.25, 0.3) is 0 Å². The fraction of sp³-hybridized carbons (Fsp3) is 0.667. The minimum absolute atomic E-state index is 0. The summed E-state index contributed by atoms with van der Waals surface area (Å²) in [5, 5.41) is 51.9. The molecule has 0 spiro atoms. The summed E-state index contributed by atoms with van der Waals surface area (Å²) in [6.45, 7) is 3.40. The molecular weight excluding hydrogens is 300 g/mol. The van der Waals surface area contributed by atoms with E-state index in [1.54, 1.807) is 0 Å². The van der Waals surface area contributed by atoms with Crippen molar-refractivity contribution < 1.29 is 66.7 Å². The SMILES string of the molecule is CC(O)C(=O)[O-].CC(O)C(=O)[O-].CC(O)C(=O)[O-].[Ti+3]. The third-order valence-corrected chi connectivity index (χ3v) is 1.02. The molecule has 3 unspecified atom stereocenters. The molecule has 0 aromatic rings. The molecule has 0 aromatic carbocycles. The normalized spacial score (nSPS) is 12.9. The van der Waals surface area contributed by atoms with Crippen LogP contribution < -0.4 is 15.3 Å². The van der Waals surface area contributed by atoms with Gasteiger partial charge in [0, 0.05) is 0 Å². The Morgan fingerprint density at radius 3 is 0.737 bits per heavy atom. The summed E-state index contributed by atoms with van der Waals surface area (Å²) < 4.78 is 0. The summed E-state index contributed by atoms with van der Waals surface area (Å²) >= 11 is 0. The Labute approximate surface area is 124 Å². The van der Waals surface area contributed by atoms with E-state index in [1.807, 2.05) is 0 Å². The fourth-order valence-electron chi connectivity index (χ4n) is 0. The van der Waals surface area contributed by atoms with Crippen molar-refractivity contribution in [3.8, 4) is 0 Å². The summed E-state index contributed by atoms with van der Waals surface area (Å²) in [5.74, 6) is -4.31. The van der Waals surface area contributed by atoms with Gasteiger partial charge in [-0.2, -0.15) is 0 Å². The van der Waals surface area contributed by atoms with Gasteiger partial charge in [-0.15, -0.1) is 0 Å². The van der Waals surface area contributed by atoms with E-state index in [9.17, 15) is 29.7 Å². The van der Waals surface area contributed by atoms with Crippen LogP contribution in [-0.4, -0.2) is 51.5 Å². The molecule has 10 heteroatoms. The average Bonchev–Trinajstić information content (AvgIpc) is 2.18. The molecule has 0 amide bonds. The molecule has 1 radical (unpaired) electrons. The van der Waals surface area contributed by atoms with Crippen molar-refractivity contribution in [2.24, 2.45) is 0 Å². The second-order valence-corrected chi connectivity index (χ2v) is 2.99. The quantitative estimate of drug-likeness (QED) is 0.427. The van der Waals surface area contributed by atoms with Crippen LogP contribution >= 0.6 is 0 Å². The number of carboxylic acid groups (broad SMARTS) is 3. The van der Waals surface area contributed by atoms with Gasteiger partial charge in [0.25, 0.3) is 0 Å². The van der Waals surface area contributed by atoms with Gasteiger partial charge in [-0.25, -0.2) is 0 Å². The summed E-state index contributed by atoms with van der Waals surface area (Å²) in [5.41, 5.74) is 0. The van der Waals surface area contributed by atoms with Crippen LogP contribution in [0.4, 0.5) is 0 Å². The predicted octanol–water partition coefficient (Wildman–Crippen LogP) is -5.65. The summed E-state index contributed by atoms with van der Waals surface area (Å²) in [6.07, 6.45) is -4.03. The van der Waals surface area contributed by atoms with Crippen molar-refractivity contribution in [3.05, 3.63) is 0 Å². The first-order valence-corrected chi connectivity index (χ1v) is 4.60. The number of carbonyl (C=O) groups excluding carboxylic acids is 3. The zero-order valence-electron chi connectivity index (χ0n) is 10.5. The minimum Gasteiger partial charge on any atom is -0.547 e. The molecule has 0 saturated heterocycles. The van der Waals surface area contributed by atoms with Gasteiger partial charge in [0.2, 0.25) is 0 Å². The first-order chi connectivity index (χ1) is 7.93. The van der Waals surface area contributed by atoms with Crippen LogP contribution in [0.3, 0.4) is 0 Å². The Morgan fingerprint density at radius 1 is 0.684 bits per heavy atom. The molecular formula is C9H15O9Ti. The van der Waals surface area contributed by atoms with Crippen molar-refractivity contribution in [2.45, 2.75) is 39.1 Å². The number of aliphatic hydroxyl groups is 3. The third kappa shape index (κ3) is 31.6. The molecule has 0 rings (SSSR count). The van der Waals surface area contributed by atoms with Crippen molar-refractivity contribution in [1.29, 1.82) is 0 Å². The summed E-state index contributed by atoms with van der Waals surface area (Å²) in [4.78, 5) is 28.0. The number of aliphatic hydroxyl groups excluding tert-OH is 3. The molecule has 0 aliphatic carbocycles. The Morgan fingerprint density at radius 2 is 0.737 bits per heavy atom. The molecule has 0 aliphatic heterocycles. The molecule has 0 heterocycles. The molecule has 3 atom stereocenters. The van der Waals surface area contributed by atoms with Gasteiger partial charge in [-0.1, -0.05) is 0 Å². The topological polar surface area (TPSA) is 181 Å². The molecule has 19 heavy (non-hydrogen) atoms. The van der Waals surface area contributed by atoms with E-state index in [-0.39, 0.29) is 21.7 Å². The van der Waals surface area contributed by atoms with E-state index in [0.29, 0.717) is 0 Å². The molecule has 0 saturated carbocycles. The summed E-state index contributed by atoms with van der Waals surface area (Å²) in [7, 11) is 0. The Hall–Kier alpha value is -0.996. The molecule has 109 valence electrons. The first kappa shape index (κ1) is 26.5. The molecule has 0 fully saturated rings. The van der Waals surface area contributed by atoms with Gasteiger partial charge in [-0.3, -0.25) is 0 Å². The van der Waals surface area contributed by atoms with Crippen LogP contribution in [-0.2, 0) is 36.1 Å². The number of carbonyl (C=O) groups is 3. The maximum Gasteiger partial charge on any atom is 3.00 e. The summed E-state index contributed by atoms with van der Waals surface area (Å²) in [6, 6.07) is 0. The van der Waals surface area contributed by atoms with E-state index in [2.05, 4.69) is 0 Å². The Bertz CT molecular complexity index is 220. The van der Waals surface area contributed by atoms with Crippen LogP contribution in [0, 0.1) is 0 Å². The van der Waals surface area contributed by atoms with E-state index >= 15 is 0 Å². The number of carboxylic acids is 3. The van der Waals surface area contributed by atoms with Gasteiger partial charge in [-0.05, 0) is 20.8 Å². The smallest absolute Gasteiger partial charge is 0.547 e. The van der Waals surface area contributed by atoms with E-state index in [0.717, 1.165) is 20.8 Å². The predicted molar refractivity (Wildman–Crippen MR) is 50.1 cm³/mol. The van der Waals surface area contributed by atoms with E-state index in [4.69, 9.17) is 15.3 Å². The molecule has 9 nitrogen and oxygen atoms in total. The maximum absolute atomic E-state index is 9.34. The van der Waals surface area contributed by atoms with Crippen molar-refractivity contribution >= 4 is 17.9 Å². The van der Waals surface area contributed by atoms with Crippen LogP contribution in [0.2, 0.25) is 0 Å². The van der Waals surface area contributed by atoms with Gasteiger partial charge in [0.05, 0.1) is 36.2 Å². The second kappa shape index (κ2) is 15.1. The number of rotatable bonds is 3. The number of hydrogen-bond acceptors (Lipinski definition) is 9. The Kier molecular flexibility index (Phi) is 21.0. The number of hydrogen-bond donors (Lipinski definition) is 3. The van der Waals surface area contributed by atoms with Crippen molar-refractivity contribution in [3.63, 3.8) is 0 Å². The average molecular weight is 315 g/mol. The van der Waals surface area contributed by atoms with Gasteiger partial charge < -0.3 is 45.0 Å². The van der Waals surface area contributed by atoms with E-state index < -0.39 is 36.2 Å². The molecule has 3 N–H and O–H groups in total. The standard InChI is InChI=1S/3C3H6O3.Ti/c3*1-2(4)3(5)6;/h3*2,4H,1H3,(H,5,6);/q;;;+3/p-3. The van der Waals surface area contributed by atoms with Crippen molar-refractivity contribution in [1.82, 2.24) is 0 Å². The maximum atomic E-state index is 9.34. The van der Waals surface area contributed by atoms with Crippen LogP contribution in [0.5, 0.6) is 0 Å². The van der Waals surface area contributed by atoms with Crippen LogP contribution in [0.15, 0.2) is 0 Å².